The molecule has 0 unspecified atom stereocenters. The van der Waals surface area contributed by atoms with E-state index in [1.165, 1.54) is 0 Å². The van der Waals surface area contributed by atoms with Crippen LogP contribution in [-0.4, -0.2) is 0 Å². The van der Waals surface area contributed by atoms with Gasteiger partial charge in [0, 0.05) is 15.5 Å². The van der Waals surface area contributed by atoms with E-state index in [4.69, 9.17) is 11.5 Å². The molecule has 4 N–H and O–H groups in total. The Labute approximate surface area is 116 Å². The van der Waals surface area contributed by atoms with Crippen molar-refractivity contribution in [2.45, 2.75) is 9.79 Å². The second kappa shape index (κ2) is 5.32. The maximum atomic E-state index is 5.79. The van der Waals surface area contributed by atoms with Gasteiger partial charge < -0.3 is 11.5 Å². The van der Waals surface area contributed by atoms with Crippen molar-refractivity contribution in [3.05, 3.63) is 36.4 Å². The van der Waals surface area contributed by atoms with E-state index in [0.717, 1.165) is 4.90 Å². The van der Waals surface area contributed by atoms with Gasteiger partial charge in [-0.1, -0.05) is 6.07 Å². The van der Waals surface area contributed by atoms with Gasteiger partial charge in [-0.05, 0) is 30.3 Å². The van der Waals surface area contributed by atoms with Crippen LogP contribution in [0.25, 0.3) is 0 Å². The molecule has 0 aliphatic carbocycles. The molecule has 0 radical (unpaired) electrons. The topological polar surface area (TPSA) is 76.8 Å². The molecule has 2 aromatic carbocycles. The Bertz CT molecular complexity index is 611. The maximum absolute atomic E-state index is 5.79. The summed E-state index contributed by atoms with van der Waals surface area (Å²) in [5.41, 5.74) is 13.7. The van der Waals surface area contributed by atoms with Crippen LogP contribution in [0.1, 0.15) is 0 Å². The molecule has 4 nitrogen and oxygen atoms in total. The zero-order valence-corrected chi connectivity index (χ0v) is 11.2. The first kappa shape index (κ1) is 12.8. The van der Waals surface area contributed by atoms with E-state index in [1.54, 1.807) is 24.3 Å². The van der Waals surface area contributed by atoms with Gasteiger partial charge in [0.2, 0.25) is 0 Å². The Kier molecular flexibility index (Phi) is 3.78. The van der Waals surface area contributed by atoms with Crippen LogP contribution >= 0.6 is 25.3 Å². The van der Waals surface area contributed by atoms with Crippen molar-refractivity contribution in [1.82, 2.24) is 0 Å². The first-order valence-electron chi connectivity index (χ1n) is 5.15. The molecule has 0 saturated carbocycles. The van der Waals surface area contributed by atoms with Crippen molar-refractivity contribution >= 4 is 48.0 Å². The Morgan fingerprint density at radius 1 is 0.889 bits per heavy atom. The highest BCUT2D eigenvalue weighted by molar-refractivity contribution is 7.83. The van der Waals surface area contributed by atoms with Crippen LogP contribution in [0.5, 0.6) is 0 Å². The number of nitrogens with zero attached hydrogens (tertiary/aromatic N) is 2. The fourth-order valence-corrected chi connectivity index (χ4v) is 1.77. The summed E-state index contributed by atoms with van der Waals surface area (Å²) in [5.74, 6) is 0. The fraction of sp³-hybridized carbons (Fsp3) is 0. The van der Waals surface area contributed by atoms with Crippen LogP contribution in [0.2, 0.25) is 0 Å². The quantitative estimate of drug-likeness (QED) is 0.382. The number of thiol groups is 2. The van der Waals surface area contributed by atoms with Crippen molar-refractivity contribution in [2.75, 3.05) is 11.5 Å². The molecule has 0 amide bonds. The van der Waals surface area contributed by atoms with Crippen LogP contribution < -0.4 is 11.5 Å². The lowest BCUT2D eigenvalue weighted by molar-refractivity contribution is 1.15. The van der Waals surface area contributed by atoms with Crippen molar-refractivity contribution < 1.29 is 0 Å². The first-order chi connectivity index (χ1) is 8.58. The molecular weight excluding hydrogens is 264 g/mol. The van der Waals surface area contributed by atoms with Crippen LogP contribution in [0.4, 0.5) is 22.7 Å². The highest BCUT2D eigenvalue weighted by Crippen LogP contribution is 2.31. The highest BCUT2D eigenvalue weighted by atomic mass is 32.1. The molecule has 0 atom stereocenters. The third-order valence-corrected chi connectivity index (χ3v) is 3.33. The van der Waals surface area contributed by atoms with Gasteiger partial charge in [-0.15, -0.1) is 35.5 Å². The number of azo groups is 1. The number of nitrogen functional groups attached to an aromatic ring is 2. The van der Waals surface area contributed by atoms with Gasteiger partial charge in [-0.25, -0.2) is 0 Å². The number of hydrogen-bond acceptors (Lipinski definition) is 6. The second-order valence-corrected chi connectivity index (χ2v) is 4.59. The van der Waals surface area contributed by atoms with E-state index in [9.17, 15) is 0 Å². The lowest BCUT2D eigenvalue weighted by Gasteiger charge is -2.02. The number of hydrogen-bond donors (Lipinski definition) is 4. The van der Waals surface area contributed by atoms with Gasteiger partial charge in [0.25, 0.3) is 0 Å². The third kappa shape index (κ3) is 2.77. The monoisotopic (exact) mass is 276 g/mol. The number of rotatable bonds is 2. The predicted molar refractivity (Wildman–Crippen MR) is 80.4 cm³/mol. The average Bonchev–Trinajstić information content (AvgIpc) is 2.33. The highest BCUT2D eigenvalue weighted by Gasteiger charge is 2.02. The average molecular weight is 276 g/mol. The summed E-state index contributed by atoms with van der Waals surface area (Å²) in [6.07, 6.45) is 0. The molecular formula is C12H12N4S2. The summed E-state index contributed by atoms with van der Waals surface area (Å²) >= 11 is 8.58. The van der Waals surface area contributed by atoms with E-state index >= 15 is 0 Å². The van der Waals surface area contributed by atoms with Gasteiger partial charge in [-0.2, -0.15) is 0 Å². The molecule has 0 aliphatic heterocycles. The summed E-state index contributed by atoms with van der Waals surface area (Å²) in [7, 11) is 0. The Morgan fingerprint density at radius 2 is 1.61 bits per heavy atom. The molecule has 0 saturated heterocycles. The Balaban J connectivity index is 2.33. The summed E-state index contributed by atoms with van der Waals surface area (Å²) in [5, 5.41) is 8.19. The zero-order chi connectivity index (χ0) is 13.1. The minimum atomic E-state index is 0.487. The lowest BCUT2D eigenvalue weighted by Crippen LogP contribution is -1.89. The molecule has 6 heteroatoms. The van der Waals surface area contributed by atoms with Gasteiger partial charge in [0.15, 0.2) is 0 Å². The van der Waals surface area contributed by atoms with Gasteiger partial charge in [0.05, 0.1) is 5.69 Å². The van der Waals surface area contributed by atoms with Crippen LogP contribution in [0, 0.1) is 0 Å². The summed E-state index contributed by atoms with van der Waals surface area (Å²) in [6.45, 7) is 0. The van der Waals surface area contributed by atoms with Crippen molar-refractivity contribution in [1.29, 1.82) is 0 Å². The number of benzene rings is 2. The standard InChI is InChI=1S/C12H12N4S2/c13-7-4-5-9(8(14)6-7)15-16-10-2-1-3-11(17)12(10)18/h1-6,17-18H,13-14H2. The van der Waals surface area contributed by atoms with Crippen molar-refractivity contribution in [3.8, 4) is 0 Å². The third-order valence-electron chi connectivity index (χ3n) is 2.31. The largest absolute Gasteiger partial charge is 0.399 e. The molecule has 0 aliphatic rings. The summed E-state index contributed by atoms with van der Waals surface area (Å²) in [6, 6.07) is 10.6. The van der Waals surface area contributed by atoms with E-state index in [2.05, 4.69) is 35.5 Å². The Morgan fingerprint density at radius 3 is 2.33 bits per heavy atom. The predicted octanol–water partition coefficient (Wildman–Crippen LogP) is 3.84. The second-order valence-electron chi connectivity index (χ2n) is 3.66. The van der Waals surface area contributed by atoms with Gasteiger partial charge in [0.1, 0.15) is 11.4 Å². The molecule has 0 bridgehead atoms. The minimum absolute atomic E-state index is 0.487. The minimum Gasteiger partial charge on any atom is -0.399 e. The molecule has 0 spiro atoms. The molecule has 0 aromatic heterocycles. The molecule has 18 heavy (non-hydrogen) atoms. The maximum Gasteiger partial charge on any atom is 0.109 e. The van der Waals surface area contributed by atoms with Crippen molar-refractivity contribution in [2.24, 2.45) is 10.2 Å². The van der Waals surface area contributed by atoms with E-state index in [-0.39, 0.29) is 0 Å². The van der Waals surface area contributed by atoms with Crippen LogP contribution in [0.15, 0.2) is 56.4 Å². The lowest BCUT2D eigenvalue weighted by atomic mass is 10.2. The molecule has 92 valence electrons. The molecule has 2 rings (SSSR count). The van der Waals surface area contributed by atoms with Gasteiger partial charge >= 0.3 is 0 Å². The first-order valence-corrected chi connectivity index (χ1v) is 6.05. The smallest absolute Gasteiger partial charge is 0.109 e. The normalized spacial score (nSPS) is 11.0. The number of anilines is 2. The summed E-state index contributed by atoms with van der Waals surface area (Å²) < 4.78 is 0. The molecule has 0 heterocycles. The Hall–Kier alpha value is -1.66. The fourth-order valence-electron chi connectivity index (χ4n) is 1.37. The molecule has 2 aromatic rings. The van der Waals surface area contributed by atoms with Crippen LogP contribution in [0.3, 0.4) is 0 Å². The van der Waals surface area contributed by atoms with Crippen LogP contribution in [-0.2, 0) is 0 Å². The summed E-state index contributed by atoms with van der Waals surface area (Å²) in [4.78, 5) is 1.43. The van der Waals surface area contributed by atoms with E-state index in [0.29, 0.717) is 27.6 Å². The van der Waals surface area contributed by atoms with E-state index in [1.807, 2.05) is 12.1 Å². The zero-order valence-electron chi connectivity index (χ0n) is 9.41. The van der Waals surface area contributed by atoms with E-state index < -0.39 is 0 Å². The SMILES string of the molecule is Nc1ccc(N=Nc2cccc(S)c2S)c(N)c1. The van der Waals surface area contributed by atoms with Crippen molar-refractivity contribution in [3.63, 3.8) is 0 Å². The molecule has 0 fully saturated rings. The number of nitrogens with two attached hydrogens (primary N) is 2. The van der Waals surface area contributed by atoms with Gasteiger partial charge in [-0.3, -0.25) is 0 Å².